The molecule has 0 saturated heterocycles. The highest BCUT2D eigenvalue weighted by molar-refractivity contribution is 6.13. The summed E-state index contributed by atoms with van der Waals surface area (Å²) in [6, 6.07) is 0. The van der Waals surface area contributed by atoms with E-state index in [1.54, 1.807) is 0 Å². The fraction of sp³-hybridized carbons (Fsp3) is 1.00. The van der Waals surface area contributed by atoms with E-state index in [-0.39, 0.29) is 5.41 Å². The van der Waals surface area contributed by atoms with Crippen molar-refractivity contribution in [1.82, 2.24) is 0 Å². The maximum Gasteiger partial charge on any atom is 0.144 e. The van der Waals surface area contributed by atoms with E-state index in [1.807, 2.05) is 0 Å². The molecule has 13 heavy (non-hydrogen) atoms. The van der Waals surface area contributed by atoms with Gasteiger partial charge in [-0.15, -0.1) is 0 Å². The van der Waals surface area contributed by atoms with Crippen LogP contribution in [0.1, 0.15) is 39.5 Å². The fourth-order valence-corrected chi connectivity index (χ4v) is 3.46. The molecule has 0 aromatic rings. The highest BCUT2D eigenvalue weighted by Crippen LogP contribution is 2.35. The highest BCUT2D eigenvalue weighted by atomic mass is 28.1. The second-order valence-corrected chi connectivity index (χ2v) is 5.26. The first-order valence-electron chi connectivity index (χ1n) is 5.50. The molecule has 0 N–H and O–H groups in total. The molecule has 0 spiro atoms. The minimum atomic E-state index is -0.181. The van der Waals surface area contributed by atoms with Crippen molar-refractivity contribution < 1.29 is 9.47 Å². The summed E-state index contributed by atoms with van der Waals surface area (Å²) in [6.07, 6.45) is 5.30. The third kappa shape index (κ3) is 2.79. The van der Waals surface area contributed by atoms with E-state index in [9.17, 15) is 0 Å². The lowest BCUT2D eigenvalue weighted by molar-refractivity contribution is -0.203. The van der Waals surface area contributed by atoms with Gasteiger partial charge in [0.05, 0.1) is 10.2 Å². The van der Waals surface area contributed by atoms with Gasteiger partial charge in [-0.2, -0.15) is 0 Å². The lowest BCUT2D eigenvalue weighted by Gasteiger charge is -2.35. The Balaban J connectivity index is 2.52. The third-order valence-electron chi connectivity index (χ3n) is 2.96. The molecule has 0 aromatic heterocycles. The third-order valence-corrected chi connectivity index (χ3v) is 4.35. The van der Waals surface area contributed by atoms with Gasteiger partial charge in [-0.25, -0.2) is 0 Å². The van der Waals surface area contributed by atoms with Crippen LogP contribution in [-0.4, -0.2) is 28.9 Å². The lowest BCUT2D eigenvalue weighted by Crippen LogP contribution is -2.43. The Hall–Kier alpha value is 0.137. The van der Waals surface area contributed by atoms with Gasteiger partial charge in [-0.3, -0.25) is 0 Å². The van der Waals surface area contributed by atoms with E-state index < -0.39 is 0 Å². The molecule has 3 heteroatoms. The minimum absolute atomic E-state index is 0.181. The van der Waals surface area contributed by atoms with Crippen LogP contribution in [0.3, 0.4) is 0 Å². The maximum atomic E-state index is 5.79. The van der Waals surface area contributed by atoms with Gasteiger partial charge in [0, 0.05) is 19.1 Å². The summed E-state index contributed by atoms with van der Waals surface area (Å²) in [5.41, 5.74) is -0.181. The van der Waals surface area contributed by atoms with Crippen LogP contribution in [0.5, 0.6) is 0 Å². The Morgan fingerprint density at radius 3 is 2.00 bits per heavy atom. The van der Waals surface area contributed by atoms with E-state index in [1.165, 1.54) is 25.7 Å². The second-order valence-electron chi connectivity index (χ2n) is 3.86. The zero-order valence-corrected chi connectivity index (χ0v) is 11.1. The van der Waals surface area contributed by atoms with Crippen LogP contribution in [0.4, 0.5) is 0 Å². The van der Waals surface area contributed by atoms with Gasteiger partial charge in [0.2, 0.25) is 0 Å². The SMILES string of the molecule is CCOC([SiH3])(OCC)C1CCCC1. The summed E-state index contributed by atoms with van der Waals surface area (Å²) < 4.78 is 11.6. The summed E-state index contributed by atoms with van der Waals surface area (Å²) in [6.45, 7) is 5.67. The first-order valence-corrected chi connectivity index (χ1v) is 6.50. The molecule has 1 aliphatic rings. The predicted molar refractivity (Wildman–Crippen MR) is 57.9 cm³/mol. The van der Waals surface area contributed by atoms with Gasteiger partial charge >= 0.3 is 0 Å². The molecule has 0 atom stereocenters. The standard InChI is InChI=1S/C10H22O2Si/c1-3-11-10(13,12-4-2)9-7-5-6-8-9/h9H,3-8H2,1-2,13H3. The zero-order chi connectivity index (χ0) is 9.73. The van der Waals surface area contributed by atoms with Gasteiger partial charge < -0.3 is 9.47 Å². The summed E-state index contributed by atoms with van der Waals surface area (Å²) in [7, 11) is 0.986. The van der Waals surface area contributed by atoms with E-state index in [4.69, 9.17) is 9.47 Å². The first-order chi connectivity index (χ1) is 6.23. The molecule has 1 fully saturated rings. The van der Waals surface area contributed by atoms with Gasteiger partial charge in [0.1, 0.15) is 5.41 Å². The van der Waals surface area contributed by atoms with Crippen molar-refractivity contribution in [3.05, 3.63) is 0 Å². The van der Waals surface area contributed by atoms with Crippen molar-refractivity contribution in [2.45, 2.75) is 44.9 Å². The Labute approximate surface area is 84.4 Å². The normalized spacial score (nSPS) is 19.8. The molecule has 2 nitrogen and oxygen atoms in total. The van der Waals surface area contributed by atoms with Crippen LogP contribution < -0.4 is 0 Å². The number of rotatable bonds is 5. The van der Waals surface area contributed by atoms with E-state index in [2.05, 4.69) is 13.8 Å². The lowest BCUT2D eigenvalue weighted by atomic mass is 10.1. The van der Waals surface area contributed by atoms with Crippen molar-refractivity contribution in [3.63, 3.8) is 0 Å². The molecular formula is C10H22O2Si. The van der Waals surface area contributed by atoms with Gasteiger partial charge in [0.25, 0.3) is 0 Å². The van der Waals surface area contributed by atoms with Crippen molar-refractivity contribution >= 4 is 10.2 Å². The molecule has 0 bridgehead atoms. The van der Waals surface area contributed by atoms with Crippen LogP contribution in [0.2, 0.25) is 0 Å². The molecule has 0 aliphatic heterocycles. The van der Waals surface area contributed by atoms with Gasteiger partial charge in [-0.05, 0) is 26.7 Å². The average Bonchev–Trinajstić information content (AvgIpc) is 2.57. The van der Waals surface area contributed by atoms with Crippen LogP contribution in [0.25, 0.3) is 0 Å². The maximum absolute atomic E-state index is 5.79. The topological polar surface area (TPSA) is 18.5 Å². The van der Waals surface area contributed by atoms with Crippen LogP contribution in [0, 0.1) is 5.92 Å². The summed E-state index contributed by atoms with van der Waals surface area (Å²) in [5, 5.41) is 0. The molecule has 78 valence electrons. The van der Waals surface area contributed by atoms with Crippen LogP contribution >= 0.6 is 0 Å². The Kier molecular flexibility index (Phi) is 4.42. The molecule has 1 rings (SSSR count). The molecule has 0 radical (unpaired) electrons. The predicted octanol–water partition coefficient (Wildman–Crippen LogP) is 1.27. The second kappa shape index (κ2) is 5.13. The molecular weight excluding hydrogens is 180 g/mol. The Bertz CT molecular complexity index is 138. The quantitative estimate of drug-likeness (QED) is 0.494. The molecule has 0 aromatic carbocycles. The average molecular weight is 202 g/mol. The fourth-order valence-electron chi connectivity index (χ4n) is 2.30. The van der Waals surface area contributed by atoms with Crippen molar-refractivity contribution in [2.24, 2.45) is 5.92 Å². The molecule has 0 amide bonds. The van der Waals surface area contributed by atoms with Crippen LogP contribution in [-0.2, 0) is 9.47 Å². The number of ether oxygens (including phenoxy) is 2. The van der Waals surface area contributed by atoms with Crippen molar-refractivity contribution in [1.29, 1.82) is 0 Å². The molecule has 1 saturated carbocycles. The first kappa shape index (κ1) is 11.2. The summed E-state index contributed by atoms with van der Waals surface area (Å²) in [4.78, 5) is 0. The van der Waals surface area contributed by atoms with Crippen molar-refractivity contribution in [3.8, 4) is 0 Å². The minimum Gasteiger partial charge on any atom is -0.355 e. The van der Waals surface area contributed by atoms with Crippen molar-refractivity contribution in [2.75, 3.05) is 13.2 Å². The smallest absolute Gasteiger partial charge is 0.144 e. The molecule has 0 heterocycles. The Morgan fingerprint density at radius 2 is 1.62 bits per heavy atom. The Morgan fingerprint density at radius 1 is 1.15 bits per heavy atom. The highest BCUT2D eigenvalue weighted by Gasteiger charge is 2.36. The molecule has 1 aliphatic carbocycles. The van der Waals surface area contributed by atoms with E-state index in [0.29, 0.717) is 5.92 Å². The number of hydrogen-bond acceptors (Lipinski definition) is 2. The molecule has 0 unspecified atom stereocenters. The summed E-state index contributed by atoms with van der Waals surface area (Å²) >= 11 is 0. The van der Waals surface area contributed by atoms with Gasteiger partial charge in [0.15, 0.2) is 0 Å². The van der Waals surface area contributed by atoms with E-state index >= 15 is 0 Å². The van der Waals surface area contributed by atoms with Gasteiger partial charge in [-0.1, -0.05) is 12.8 Å². The largest absolute Gasteiger partial charge is 0.355 e. The number of hydrogen-bond donors (Lipinski definition) is 0. The van der Waals surface area contributed by atoms with E-state index in [0.717, 1.165) is 23.5 Å². The zero-order valence-electron chi connectivity index (χ0n) is 9.14. The monoisotopic (exact) mass is 202 g/mol. The summed E-state index contributed by atoms with van der Waals surface area (Å²) in [5.74, 6) is 0.666. The van der Waals surface area contributed by atoms with Crippen LogP contribution in [0.15, 0.2) is 0 Å².